The summed E-state index contributed by atoms with van der Waals surface area (Å²) >= 11 is 0. The lowest BCUT2D eigenvalue weighted by Gasteiger charge is -2.10. The average Bonchev–Trinajstić information content (AvgIpc) is 2.89. The Morgan fingerprint density at radius 1 is 1.28 bits per heavy atom. The molecule has 2 heterocycles. The second kappa shape index (κ2) is 4.42. The number of nitrogens with one attached hydrogen (secondary N) is 1. The second-order valence-electron chi connectivity index (χ2n) is 3.82. The Morgan fingerprint density at radius 2 is 2.17 bits per heavy atom. The Balaban J connectivity index is 2.04. The Bertz CT molecular complexity index is 675. The maximum absolute atomic E-state index is 5.70. The van der Waals surface area contributed by atoms with Crippen LogP contribution in [0, 0.1) is 0 Å². The van der Waals surface area contributed by atoms with Crippen LogP contribution in [0.25, 0.3) is 5.65 Å². The molecular weight excluding hydrogens is 228 g/mol. The molecule has 0 aliphatic carbocycles. The number of benzene rings is 1. The van der Waals surface area contributed by atoms with Gasteiger partial charge < -0.3 is 11.1 Å². The predicted molar refractivity (Wildman–Crippen MR) is 68.4 cm³/mol. The van der Waals surface area contributed by atoms with Crippen molar-refractivity contribution in [1.82, 2.24) is 19.6 Å². The van der Waals surface area contributed by atoms with Crippen LogP contribution in [0.4, 0.5) is 11.5 Å². The molecule has 0 aliphatic heterocycles. The van der Waals surface area contributed by atoms with Gasteiger partial charge in [0.2, 0.25) is 5.65 Å². The van der Waals surface area contributed by atoms with Crippen LogP contribution < -0.4 is 11.1 Å². The zero-order valence-corrected chi connectivity index (χ0v) is 9.61. The molecule has 18 heavy (non-hydrogen) atoms. The highest BCUT2D eigenvalue weighted by Crippen LogP contribution is 2.21. The molecule has 3 rings (SSSR count). The van der Waals surface area contributed by atoms with Crippen LogP contribution >= 0.6 is 0 Å². The first kappa shape index (κ1) is 10.7. The topological polar surface area (TPSA) is 81.1 Å². The van der Waals surface area contributed by atoms with Crippen LogP contribution in [0.2, 0.25) is 0 Å². The SMILES string of the molecule is NCc1ccccc1Nc1nccn2cnnc12. The van der Waals surface area contributed by atoms with E-state index in [4.69, 9.17) is 5.73 Å². The summed E-state index contributed by atoms with van der Waals surface area (Å²) in [6, 6.07) is 7.85. The summed E-state index contributed by atoms with van der Waals surface area (Å²) in [6.45, 7) is 0.471. The standard InChI is InChI=1S/C12H12N6/c13-7-9-3-1-2-4-10(9)16-11-12-17-15-8-18(12)6-5-14-11/h1-6,8H,7,13H2,(H,14,16). The lowest BCUT2D eigenvalue weighted by Crippen LogP contribution is -2.03. The van der Waals surface area contributed by atoms with Crippen molar-refractivity contribution in [2.45, 2.75) is 6.54 Å². The molecular formula is C12H12N6. The fourth-order valence-electron chi connectivity index (χ4n) is 1.79. The highest BCUT2D eigenvalue weighted by Gasteiger charge is 2.06. The third-order valence-corrected chi connectivity index (χ3v) is 2.71. The minimum Gasteiger partial charge on any atom is -0.337 e. The predicted octanol–water partition coefficient (Wildman–Crippen LogP) is 1.33. The van der Waals surface area contributed by atoms with Crippen LogP contribution in [0.3, 0.4) is 0 Å². The van der Waals surface area contributed by atoms with Gasteiger partial charge in [-0.2, -0.15) is 0 Å². The molecule has 3 N–H and O–H groups in total. The number of nitrogens with two attached hydrogens (primary N) is 1. The van der Waals surface area contributed by atoms with Gasteiger partial charge in [0.05, 0.1) is 0 Å². The lowest BCUT2D eigenvalue weighted by molar-refractivity contribution is 1.07. The normalized spacial score (nSPS) is 10.7. The molecule has 0 radical (unpaired) electrons. The molecule has 0 atom stereocenters. The molecule has 0 saturated carbocycles. The van der Waals surface area contributed by atoms with Crippen molar-refractivity contribution >= 4 is 17.2 Å². The van der Waals surface area contributed by atoms with E-state index in [1.807, 2.05) is 24.3 Å². The van der Waals surface area contributed by atoms with Gasteiger partial charge in [-0.3, -0.25) is 4.40 Å². The molecule has 0 unspecified atom stereocenters. The number of nitrogens with zero attached hydrogens (tertiary/aromatic N) is 4. The van der Waals surface area contributed by atoms with Crippen LogP contribution in [0.5, 0.6) is 0 Å². The third kappa shape index (κ3) is 1.78. The van der Waals surface area contributed by atoms with Crippen molar-refractivity contribution in [3.8, 4) is 0 Å². The third-order valence-electron chi connectivity index (χ3n) is 2.71. The van der Waals surface area contributed by atoms with E-state index < -0.39 is 0 Å². The summed E-state index contributed by atoms with van der Waals surface area (Å²) in [5, 5.41) is 11.1. The molecule has 6 nitrogen and oxygen atoms in total. The first-order valence-corrected chi connectivity index (χ1v) is 5.58. The number of rotatable bonds is 3. The van der Waals surface area contributed by atoms with E-state index in [2.05, 4.69) is 20.5 Å². The van der Waals surface area contributed by atoms with E-state index in [-0.39, 0.29) is 0 Å². The minimum atomic E-state index is 0.471. The first-order valence-electron chi connectivity index (χ1n) is 5.58. The van der Waals surface area contributed by atoms with Crippen LogP contribution in [0.1, 0.15) is 5.56 Å². The van der Waals surface area contributed by atoms with Gasteiger partial charge in [0, 0.05) is 24.6 Å². The maximum Gasteiger partial charge on any atom is 0.203 e. The van der Waals surface area contributed by atoms with Gasteiger partial charge in [0.1, 0.15) is 6.33 Å². The molecule has 3 aromatic rings. The Labute approximate surface area is 103 Å². The monoisotopic (exact) mass is 240 g/mol. The Kier molecular flexibility index (Phi) is 2.62. The fourth-order valence-corrected chi connectivity index (χ4v) is 1.79. The highest BCUT2D eigenvalue weighted by atomic mass is 15.2. The molecule has 90 valence electrons. The maximum atomic E-state index is 5.70. The summed E-state index contributed by atoms with van der Waals surface area (Å²) in [7, 11) is 0. The van der Waals surface area contributed by atoms with E-state index >= 15 is 0 Å². The second-order valence-corrected chi connectivity index (χ2v) is 3.82. The van der Waals surface area contributed by atoms with Gasteiger partial charge in [0.15, 0.2) is 5.82 Å². The van der Waals surface area contributed by atoms with Crippen molar-refractivity contribution in [3.05, 3.63) is 48.5 Å². The largest absolute Gasteiger partial charge is 0.337 e. The van der Waals surface area contributed by atoms with Gasteiger partial charge in [-0.25, -0.2) is 4.98 Å². The molecule has 2 aromatic heterocycles. The summed E-state index contributed by atoms with van der Waals surface area (Å²) in [4.78, 5) is 4.27. The van der Waals surface area contributed by atoms with Gasteiger partial charge in [-0.05, 0) is 11.6 Å². The van der Waals surface area contributed by atoms with E-state index in [1.54, 1.807) is 23.1 Å². The van der Waals surface area contributed by atoms with Crippen LogP contribution in [0.15, 0.2) is 43.0 Å². The van der Waals surface area contributed by atoms with E-state index in [0.717, 1.165) is 11.3 Å². The molecule has 0 bridgehead atoms. The number of hydrogen-bond donors (Lipinski definition) is 2. The van der Waals surface area contributed by atoms with Gasteiger partial charge >= 0.3 is 0 Å². The number of para-hydroxylation sites is 1. The Hall–Kier alpha value is -2.47. The lowest BCUT2D eigenvalue weighted by atomic mass is 10.2. The first-order chi connectivity index (χ1) is 8.88. The number of anilines is 2. The van der Waals surface area contributed by atoms with Gasteiger partial charge in [-0.15, -0.1) is 10.2 Å². The van der Waals surface area contributed by atoms with Crippen LogP contribution in [-0.4, -0.2) is 19.6 Å². The van der Waals surface area contributed by atoms with Crippen molar-refractivity contribution < 1.29 is 0 Å². The molecule has 0 saturated heterocycles. The van der Waals surface area contributed by atoms with Crippen LogP contribution in [-0.2, 0) is 6.54 Å². The fraction of sp³-hybridized carbons (Fsp3) is 0.0833. The van der Waals surface area contributed by atoms with Crippen molar-refractivity contribution in [1.29, 1.82) is 0 Å². The minimum absolute atomic E-state index is 0.471. The molecule has 0 amide bonds. The molecule has 6 heteroatoms. The zero-order chi connectivity index (χ0) is 12.4. The van der Waals surface area contributed by atoms with E-state index in [9.17, 15) is 0 Å². The average molecular weight is 240 g/mol. The Morgan fingerprint density at radius 3 is 3.06 bits per heavy atom. The zero-order valence-electron chi connectivity index (χ0n) is 9.61. The van der Waals surface area contributed by atoms with Crippen molar-refractivity contribution in [3.63, 3.8) is 0 Å². The molecule has 0 spiro atoms. The number of hydrogen-bond acceptors (Lipinski definition) is 5. The van der Waals surface area contributed by atoms with Gasteiger partial charge in [-0.1, -0.05) is 18.2 Å². The van der Waals surface area contributed by atoms with E-state index in [0.29, 0.717) is 18.0 Å². The van der Waals surface area contributed by atoms with Gasteiger partial charge in [0.25, 0.3) is 0 Å². The summed E-state index contributed by atoms with van der Waals surface area (Å²) in [5.74, 6) is 0.663. The number of aromatic nitrogens is 4. The smallest absolute Gasteiger partial charge is 0.203 e. The summed E-state index contributed by atoms with van der Waals surface area (Å²) < 4.78 is 1.81. The number of fused-ring (bicyclic) bond motifs is 1. The quantitative estimate of drug-likeness (QED) is 0.721. The summed E-state index contributed by atoms with van der Waals surface area (Å²) in [6.07, 6.45) is 5.14. The summed E-state index contributed by atoms with van der Waals surface area (Å²) in [5.41, 5.74) is 8.35. The van der Waals surface area contributed by atoms with Crippen molar-refractivity contribution in [2.75, 3.05) is 5.32 Å². The molecule has 1 aromatic carbocycles. The highest BCUT2D eigenvalue weighted by molar-refractivity contribution is 5.70. The molecule has 0 fully saturated rings. The van der Waals surface area contributed by atoms with Crippen molar-refractivity contribution in [2.24, 2.45) is 5.73 Å². The van der Waals surface area contributed by atoms with E-state index in [1.165, 1.54) is 0 Å². The molecule has 0 aliphatic rings.